The second-order valence-electron chi connectivity index (χ2n) is 8.52. The van der Waals surface area contributed by atoms with Crippen LogP contribution in [0.5, 0.6) is 0 Å². The fraction of sp³-hybridized carbons (Fsp3) is 0.842. The molecule has 6 unspecified atom stereocenters. The molecule has 0 heterocycles. The molecule has 4 aliphatic carbocycles. The number of fused-ring (bicyclic) bond motifs is 5. The fourth-order valence-corrected chi connectivity index (χ4v) is 6.39. The van der Waals surface area contributed by atoms with Crippen LogP contribution in [0.25, 0.3) is 0 Å². The molecule has 116 valence electrons. The average molecular weight is 290 g/mol. The molecule has 1 nitrogen and oxygen atoms in total. The Hall–Kier alpha value is -0.660. The minimum Gasteiger partial charge on any atom is -0.299 e. The van der Waals surface area contributed by atoms with E-state index in [1.165, 1.54) is 12.0 Å². The zero-order chi connectivity index (χ0) is 14.8. The molecule has 3 saturated carbocycles. The Balaban J connectivity index is 1.69. The second kappa shape index (κ2) is 4.43. The lowest BCUT2D eigenvalue weighted by molar-refractivity contribution is -0.131. The first-order valence-corrected chi connectivity index (χ1v) is 8.82. The Bertz CT molecular complexity index is 510. The largest absolute Gasteiger partial charge is 0.299 e. The van der Waals surface area contributed by atoms with Gasteiger partial charge in [-0.2, -0.15) is 0 Å². The van der Waals surface area contributed by atoms with Gasteiger partial charge in [-0.05, 0) is 61.7 Å². The summed E-state index contributed by atoms with van der Waals surface area (Å²) in [4.78, 5) is 12.3. The highest BCUT2D eigenvalue weighted by atomic mass is 19.1. The smallest absolute Gasteiger partial charge is 0.139 e. The zero-order valence-electron chi connectivity index (χ0n) is 13.3. The lowest BCUT2D eigenvalue weighted by Gasteiger charge is -2.56. The molecule has 2 heteroatoms. The maximum Gasteiger partial charge on any atom is 0.139 e. The van der Waals surface area contributed by atoms with Crippen molar-refractivity contribution in [2.75, 3.05) is 0 Å². The monoisotopic (exact) mass is 290 g/mol. The minimum absolute atomic E-state index is 0.0415. The van der Waals surface area contributed by atoms with Crippen LogP contribution in [-0.4, -0.2) is 12.0 Å². The Morgan fingerprint density at radius 3 is 2.62 bits per heavy atom. The van der Waals surface area contributed by atoms with E-state index in [-0.39, 0.29) is 10.8 Å². The summed E-state index contributed by atoms with van der Waals surface area (Å²) in [7, 11) is 0. The van der Waals surface area contributed by atoms with Crippen molar-refractivity contribution in [1.82, 2.24) is 0 Å². The van der Waals surface area contributed by atoms with E-state index >= 15 is 0 Å². The van der Waals surface area contributed by atoms with E-state index in [9.17, 15) is 9.18 Å². The Kier molecular flexibility index (Phi) is 2.94. The standard InChI is InChI=1S/C19H27FO/c1-18-9-7-13(20)11-12(18)3-4-14-15-5-6-17(21)19(15,2)10-8-16(14)18/h3,13-16H,4-11H2,1-2H3. The molecule has 0 bridgehead atoms. The summed E-state index contributed by atoms with van der Waals surface area (Å²) in [5.41, 5.74) is 1.58. The summed E-state index contributed by atoms with van der Waals surface area (Å²) in [6, 6.07) is 0. The number of Topliss-reactive ketones (excluding diaryl/α,β-unsaturated/α-hetero) is 1. The molecule has 4 aliphatic rings. The van der Waals surface area contributed by atoms with Gasteiger partial charge < -0.3 is 0 Å². The summed E-state index contributed by atoms with van der Waals surface area (Å²) in [5, 5.41) is 0. The van der Waals surface area contributed by atoms with Gasteiger partial charge in [0, 0.05) is 18.3 Å². The normalized spacial score (nSPS) is 52.7. The van der Waals surface area contributed by atoms with Gasteiger partial charge in [-0.25, -0.2) is 4.39 Å². The van der Waals surface area contributed by atoms with E-state index in [1.807, 2.05) is 0 Å². The molecule has 0 aliphatic heterocycles. The van der Waals surface area contributed by atoms with E-state index in [4.69, 9.17) is 0 Å². The molecule has 0 radical (unpaired) electrons. The van der Waals surface area contributed by atoms with Gasteiger partial charge in [-0.3, -0.25) is 4.79 Å². The lowest BCUT2D eigenvalue weighted by atomic mass is 9.48. The van der Waals surface area contributed by atoms with Gasteiger partial charge in [-0.15, -0.1) is 0 Å². The Morgan fingerprint density at radius 1 is 1.10 bits per heavy atom. The molecule has 0 saturated heterocycles. The van der Waals surface area contributed by atoms with Crippen LogP contribution in [0.15, 0.2) is 11.6 Å². The van der Waals surface area contributed by atoms with Gasteiger partial charge in [0.25, 0.3) is 0 Å². The third-order valence-corrected chi connectivity index (χ3v) is 7.75. The predicted molar refractivity (Wildman–Crippen MR) is 81.6 cm³/mol. The van der Waals surface area contributed by atoms with Crippen LogP contribution in [-0.2, 0) is 4.79 Å². The molecule has 6 atom stereocenters. The molecule has 21 heavy (non-hydrogen) atoms. The van der Waals surface area contributed by atoms with Crippen LogP contribution in [0.1, 0.15) is 65.2 Å². The molecular formula is C19H27FO. The fourth-order valence-electron chi connectivity index (χ4n) is 6.39. The van der Waals surface area contributed by atoms with Gasteiger partial charge in [0.2, 0.25) is 0 Å². The number of carbonyl (C=O) groups is 1. The van der Waals surface area contributed by atoms with Crippen LogP contribution in [0, 0.1) is 28.6 Å². The average Bonchev–Trinajstić information content (AvgIpc) is 2.76. The van der Waals surface area contributed by atoms with Crippen molar-refractivity contribution in [2.45, 2.75) is 71.4 Å². The highest BCUT2D eigenvalue weighted by molar-refractivity contribution is 5.87. The summed E-state index contributed by atoms with van der Waals surface area (Å²) in [5.74, 6) is 2.45. The van der Waals surface area contributed by atoms with E-state index in [0.29, 0.717) is 30.0 Å². The first-order valence-electron chi connectivity index (χ1n) is 8.82. The number of ketones is 1. The number of alkyl halides is 1. The topological polar surface area (TPSA) is 17.1 Å². The molecular weight excluding hydrogens is 263 g/mol. The van der Waals surface area contributed by atoms with Crippen LogP contribution in [0.4, 0.5) is 4.39 Å². The van der Waals surface area contributed by atoms with Crippen LogP contribution in [0.3, 0.4) is 0 Å². The molecule has 0 amide bonds. The van der Waals surface area contributed by atoms with Gasteiger partial charge in [-0.1, -0.05) is 25.5 Å². The lowest BCUT2D eigenvalue weighted by Crippen LogP contribution is -2.50. The summed E-state index contributed by atoms with van der Waals surface area (Å²) < 4.78 is 13.8. The van der Waals surface area contributed by atoms with Crippen molar-refractivity contribution >= 4 is 5.78 Å². The SMILES string of the molecule is CC12CCC3C(CC=C4CC(F)CCC43C)C1CCC2=O. The molecule has 3 fully saturated rings. The third kappa shape index (κ3) is 1.77. The maximum atomic E-state index is 13.8. The summed E-state index contributed by atoms with van der Waals surface area (Å²) in [6.45, 7) is 4.62. The first kappa shape index (κ1) is 14.0. The Morgan fingerprint density at radius 2 is 1.81 bits per heavy atom. The molecule has 0 N–H and O–H groups in total. The van der Waals surface area contributed by atoms with Crippen LogP contribution in [0.2, 0.25) is 0 Å². The second-order valence-corrected chi connectivity index (χ2v) is 8.52. The van der Waals surface area contributed by atoms with Crippen molar-refractivity contribution in [3.05, 3.63) is 11.6 Å². The minimum atomic E-state index is -0.622. The molecule has 0 spiro atoms. The number of allylic oxidation sites excluding steroid dienone is 2. The predicted octanol–water partition coefficient (Wildman–Crippen LogP) is 4.86. The Labute approximate surface area is 127 Å². The van der Waals surface area contributed by atoms with Crippen molar-refractivity contribution in [2.24, 2.45) is 28.6 Å². The summed E-state index contributed by atoms with van der Waals surface area (Å²) in [6.07, 6.45) is 9.39. The number of carbonyl (C=O) groups excluding carboxylic acids is 1. The van der Waals surface area contributed by atoms with Gasteiger partial charge in [0.1, 0.15) is 12.0 Å². The van der Waals surface area contributed by atoms with E-state index in [2.05, 4.69) is 19.9 Å². The van der Waals surface area contributed by atoms with Crippen LogP contribution >= 0.6 is 0 Å². The molecule has 0 aromatic heterocycles. The number of hydrogen-bond donors (Lipinski definition) is 0. The number of rotatable bonds is 0. The van der Waals surface area contributed by atoms with E-state index < -0.39 is 6.17 Å². The third-order valence-electron chi connectivity index (χ3n) is 7.75. The molecule has 4 rings (SSSR count). The van der Waals surface area contributed by atoms with Gasteiger partial charge in [0.15, 0.2) is 0 Å². The van der Waals surface area contributed by atoms with E-state index in [1.54, 1.807) is 0 Å². The zero-order valence-corrected chi connectivity index (χ0v) is 13.3. The van der Waals surface area contributed by atoms with Gasteiger partial charge in [0.05, 0.1) is 0 Å². The quantitative estimate of drug-likeness (QED) is 0.582. The maximum absolute atomic E-state index is 13.8. The van der Waals surface area contributed by atoms with Crippen LogP contribution < -0.4 is 0 Å². The van der Waals surface area contributed by atoms with Crippen molar-refractivity contribution in [1.29, 1.82) is 0 Å². The first-order chi connectivity index (χ1) is 9.95. The van der Waals surface area contributed by atoms with Crippen molar-refractivity contribution < 1.29 is 9.18 Å². The molecule has 0 aromatic rings. The summed E-state index contributed by atoms with van der Waals surface area (Å²) >= 11 is 0. The highest BCUT2D eigenvalue weighted by Gasteiger charge is 2.58. The van der Waals surface area contributed by atoms with Gasteiger partial charge >= 0.3 is 0 Å². The number of hydrogen-bond acceptors (Lipinski definition) is 1. The van der Waals surface area contributed by atoms with E-state index in [0.717, 1.165) is 38.5 Å². The number of halogens is 1. The highest BCUT2D eigenvalue weighted by Crippen LogP contribution is 2.64. The van der Waals surface area contributed by atoms with Crippen molar-refractivity contribution in [3.8, 4) is 0 Å². The van der Waals surface area contributed by atoms with Crippen molar-refractivity contribution in [3.63, 3.8) is 0 Å². The molecule has 0 aromatic carbocycles.